The first-order valence-electron chi connectivity index (χ1n) is 9.58. The molecule has 3 rings (SSSR count). The number of hydrogen-bond donors (Lipinski definition) is 3. The van der Waals surface area contributed by atoms with Gasteiger partial charge in [0.1, 0.15) is 11.6 Å². The van der Waals surface area contributed by atoms with Gasteiger partial charge in [0.2, 0.25) is 0 Å². The van der Waals surface area contributed by atoms with Crippen molar-refractivity contribution in [3.05, 3.63) is 88.6 Å². The zero-order chi connectivity index (χ0) is 23.6. The van der Waals surface area contributed by atoms with Crippen LogP contribution < -0.4 is 20.8 Å². The number of rotatable bonds is 7. The molecule has 0 heterocycles. The molecule has 0 atom stereocenters. The lowest BCUT2D eigenvalue weighted by atomic mass is 10.2. The Bertz CT molecular complexity index is 1170. The predicted octanol–water partition coefficient (Wildman–Crippen LogP) is 3.69. The van der Waals surface area contributed by atoms with Crippen molar-refractivity contribution in [1.29, 1.82) is 0 Å². The lowest BCUT2D eigenvalue weighted by Crippen LogP contribution is -2.32. The van der Waals surface area contributed by atoms with Crippen molar-refractivity contribution in [3.63, 3.8) is 0 Å². The van der Waals surface area contributed by atoms with Gasteiger partial charge >= 0.3 is 11.8 Å². The lowest BCUT2D eigenvalue weighted by Gasteiger charge is -2.10. The Morgan fingerprint density at radius 1 is 0.909 bits per heavy atom. The molecule has 0 aliphatic rings. The fourth-order valence-corrected chi connectivity index (χ4v) is 2.92. The Morgan fingerprint density at radius 3 is 2.33 bits per heavy atom. The summed E-state index contributed by atoms with van der Waals surface area (Å²) in [5.74, 6) is -2.46. The zero-order valence-corrected chi connectivity index (χ0v) is 18.6. The SMILES string of the molecule is O=C(COc1ccc(Br)cc1/C=N\NC(=O)C(=O)Nc1ccc(F)cc1)Nc1ccccc1. The molecular weight excluding hydrogens is 495 g/mol. The topological polar surface area (TPSA) is 109 Å². The van der Waals surface area contributed by atoms with Gasteiger partial charge in [-0.3, -0.25) is 14.4 Å². The highest BCUT2D eigenvalue weighted by atomic mass is 79.9. The van der Waals surface area contributed by atoms with Gasteiger partial charge in [-0.25, -0.2) is 9.82 Å². The van der Waals surface area contributed by atoms with Gasteiger partial charge in [-0.15, -0.1) is 0 Å². The van der Waals surface area contributed by atoms with Crippen molar-refractivity contribution in [1.82, 2.24) is 5.43 Å². The second-order valence-electron chi connectivity index (χ2n) is 6.55. The minimum atomic E-state index is -1.02. The first-order chi connectivity index (χ1) is 15.9. The molecule has 33 heavy (non-hydrogen) atoms. The van der Waals surface area contributed by atoms with Crippen molar-refractivity contribution < 1.29 is 23.5 Å². The van der Waals surface area contributed by atoms with Gasteiger partial charge in [-0.1, -0.05) is 34.1 Å². The number of benzene rings is 3. The normalized spacial score (nSPS) is 10.5. The summed E-state index contributed by atoms with van der Waals surface area (Å²) in [6.45, 7) is -0.246. The highest BCUT2D eigenvalue weighted by Crippen LogP contribution is 2.22. The maximum atomic E-state index is 12.9. The van der Waals surface area contributed by atoms with E-state index >= 15 is 0 Å². The van der Waals surface area contributed by atoms with Gasteiger partial charge < -0.3 is 15.4 Å². The molecule has 0 aliphatic heterocycles. The molecule has 0 unspecified atom stereocenters. The second kappa shape index (κ2) is 11.5. The average Bonchev–Trinajstić information content (AvgIpc) is 2.80. The Kier molecular flexibility index (Phi) is 8.25. The number of ether oxygens (including phenoxy) is 1. The van der Waals surface area contributed by atoms with E-state index in [-0.39, 0.29) is 18.2 Å². The van der Waals surface area contributed by atoms with Gasteiger partial charge in [0, 0.05) is 21.4 Å². The summed E-state index contributed by atoms with van der Waals surface area (Å²) in [7, 11) is 0. The van der Waals surface area contributed by atoms with Crippen LogP contribution in [-0.4, -0.2) is 30.5 Å². The van der Waals surface area contributed by atoms with Gasteiger partial charge in [-0.05, 0) is 54.6 Å². The Hall–Kier alpha value is -4.05. The summed E-state index contributed by atoms with van der Waals surface area (Å²) in [5, 5.41) is 8.80. The third-order valence-corrected chi connectivity index (χ3v) is 4.56. The van der Waals surface area contributed by atoms with E-state index in [2.05, 4.69) is 37.1 Å². The number of anilines is 2. The average molecular weight is 513 g/mol. The van der Waals surface area contributed by atoms with Crippen LogP contribution in [0, 0.1) is 5.82 Å². The molecular formula is C23H18BrFN4O4. The number of para-hydroxylation sites is 1. The number of carbonyl (C=O) groups excluding carboxylic acids is 3. The molecule has 3 amide bonds. The molecule has 0 bridgehead atoms. The maximum Gasteiger partial charge on any atom is 0.329 e. The number of nitrogens with zero attached hydrogens (tertiary/aromatic N) is 1. The van der Waals surface area contributed by atoms with E-state index in [1.165, 1.54) is 18.3 Å². The Balaban J connectivity index is 1.56. The predicted molar refractivity (Wildman–Crippen MR) is 125 cm³/mol. The smallest absolute Gasteiger partial charge is 0.329 e. The van der Waals surface area contributed by atoms with Crippen molar-refractivity contribution in [2.45, 2.75) is 0 Å². The van der Waals surface area contributed by atoms with Crippen molar-refractivity contribution in [2.24, 2.45) is 5.10 Å². The van der Waals surface area contributed by atoms with Gasteiger partial charge in [0.25, 0.3) is 5.91 Å². The van der Waals surface area contributed by atoms with Crippen molar-refractivity contribution in [3.8, 4) is 5.75 Å². The van der Waals surface area contributed by atoms with Gasteiger partial charge in [0.15, 0.2) is 6.61 Å². The van der Waals surface area contributed by atoms with Crippen LogP contribution in [0.5, 0.6) is 5.75 Å². The van der Waals surface area contributed by atoms with Crippen LogP contribution >= 0.6 is 15.9 Å². The monoisotopic (exact) mass is 512 g/mol. The molecule has 8 nitrogen and oxygen atoms in total. The van der Waals surface area contributed by atoms with Crippen LogP contribution in [0.15, 0.2) is 82.4 Å². The van der Waals surface area contributed by atoms with E-state index in [1.54, 1.807) is 42.5 Å². The zero-order valence-electron chi connectivity index (χ0n) is 17.0. The molecule has 0 saturated carbocycles. The number of nitrogens with one attached hydrogen (secondary N) is 3. The summed E-state index contributed by atoms with van der Waals surface area (Å²) in [5.41, 5.74) is 3.46. The number of halogens is 2. The molecule has 0 radical (unpaired) electrons. The largest absolute Gasteiger partial charge is 0.483 e. The molecule has 10 heteroatoms. The molecule has 0 spiro atoms. The molecule has 3 aromatic rings. The Labute approximate surface area is 197 Å². The summed E-state index contributed by atoms with van der Waals surface area (Å²) in [4.78, 5) is 36.0. The third-order valence-electron chi connectivity index (χ3n) is 4.07. The highest BCUT2D eigenvalue weighted by molar-refractivity contribution is 9.10. The number of hydrogen-bond acceptors (Lipinski definition) is 5. The number of hydrazone groups is 1. The third kappa shape index (κ3) is 7.54. The fraction of sp³-hybridized carbons (Fsp3) is 0.0435. The highest BCUT2D eigenvalue weighted by Gasteiger charge is 2.13. The van der Waals surface area contributed by atoms with E-state index in [4.69, 9.17) is 4.74 Å². The van der Waals surface area contributed by atoms with Crippen LogP contribution in [0.3, 0.4) is 0 Å². The van der Waals surface area contributed by atoms with E-state index in [0.717, 1.165) is 12.1 Å². The van der Waals surface area contributed by atoms with Crippen LogP contribution in [0.1, 0.15) is 5.56 Å². The fourth-order valence-electron chi connectivity index (χ4n) is 2.55. The van der Waals surface area contributed by atoms with Crippen LogP contribution in [0.2, 0.25) is 0 Å². The van der Waals surface area contributed by atoms with Crippen LogP contribution in [-0.2, 0) is 14.4 Å². The van der Waals surface area contributed by atoms with E-state index < -0.39 is 17.6 Å². The molecule has 0 aliphatic carbocycles. The summed E-state index contributed by atoms with van der Waals surface area (Å²) < 4.78 is 19.2. The summed E-state index contributed by atoms with van der Waals surface area (Å²) in [6.07, 6.45) is 1.28. The lowest BCUT2D eigenvalue weighted by molar-refractivity contribution is -0.136. The standard InChI is InChI=1S/C23H18BrFN4O4/c24-16-6-11-20(33-14-21(30)27-18-4-2-1-3-5-18)15(12-16)13-26-29-23(32)22(31)28-19-9-7-17(25)8-10-19/h1-13H,14H2,(H,27,30)(H,28,31)(H,29,32)/b26-13-. The van der Waals surface area contributed by atoms with Crippen molar-refractivity contribution >= 4 is 51.2 Å². The second-order valence-corrected chi connectivity index (χ2v) is 7.46. The van der Waals surface area contributed by atoms with Gasteiger partial charge in [0.05, 0.1) is 6.21 Å². The van der Waals surface area contributed by atoms with Crippen LogP contribution in [0.4, 0.5) is 15.8 Å². The van der Waals surface area contributed by atoms with Gasteiger partial charge in [-0.2, -0.15) is 5.10 Å². The minimum absolute atomic E-state index is 0.246. The van der Waals surface area contributed by atoms with Crippen LogP contribution in [0.25, 0.3) is 0 Å². The van der Waals surface area contributed by atoms with Crippen molar-refractivity contribution in [2.75, 3.05) is 17.2 Å². The summed E-state index contributed by atoms with van der Waals surface area (Å²) >= 11 is 3.33. The number of amides is 3. The van der Waals surface area contributed by atoms with E-state index in [1.807, 2.05) is 6.07 Å². The minimum Gasteiger partial charge on any atom is -0.483 e. The summed E-state index contributed by atoms with van der Waals surface area (Å²) in [6, 6.07) is 18.9. The Morgan fingerprint density at radius 2 is 1.61 bits per heavy atom. The first-order valence-corrected chi connectivity index (χ1v) is 10.4. The molecule has 0 fully saturated rings. The number of carbonyl (C=O) groups is 3. The first kappa shape index (κ1) is 23.6. The molecule has 168 valence electrons. The van der Waals surface area contributed by atoms with E-state index in [9.17, 15) is 18.8 Å². The van der Waals surface area contributed by atoms with E-state index in [0.29, 0.717) is 21.5 Å². The molecule has 0 aromatic heterocycles. The molecule has 3 aromatic carbocycles. The molecule has 0 saturated heterocycles. The molecule has 3 N–H and O–H groups in total. The maximum absolute atomic E-state index is 12.9. The quantitative estimate of drug-likeness (QED) is 0.254.